The molecule has 114 valence electrons. The highest BCUT2D eigenvalue weighted by molar-refractivity contribution is 5.52. The fourth-order valence-electron chi connectivity index (χ4n) is 2.75. The molecule has 1 aromatic rings. The van der Waals surface area contributed by atoms with Crippen LogP contribution in [0.3, 0.4) is 0 Å². The number of methoxy groups -OCH3 is 2. The fraction of sp³-hybridized carbons (Fsp3) is 0.533. The van der Waals surface area contributed by atoms with E-state index in [-0.39, 0.29) is 11.8 Å². The number of aromatic hydroxyl groups is 1. The van der Waals surface area contributed by atoms with Gasteiger partial charge < -0.3 is 19.9 Å². The maximum atomic E-state index is 9.75. The van der Waals surface area contributed by atoms with E-state index in [1.54, 1.807) is 26.4 Å². The van der Waals surface area contributed by atoms with Crippen molar-refractivity contribution in [3.8, 4) is 23.3 Å². The average molecular weight is 291 g/mol. The van der Waals surface area contributed by atoms with E-state index in [1.165, 1.54) is 0 Å². The van der Waals surface area contributed by atoms with Gasteiger partial charge in [-0.05, 0) is 0 Å². The SMILES string of the molecule is COc1cc(O)cc(OC)c1[C@H](CC#N)N1CCNCC1. The molecule has 0 aliphatic carbocycles. The lowest BCUT2D eigenvalue weighted by molar-refractivity contribution is 0.169. The van der Waals surface area contributed by atoms with E-state index in [0.717, 1.165) is 31.7 Å². The third-order valence-corrected chi connectivity index (χ3v) is 3.74. The third kappa shape index (κ3) is 3.38. The Morgan fingerprint density at radius 3 is 2.33 bits per heavy atom. The summed E-state index contributed by atoms with van der Waals surface area (Å²) >= 11 is 0. The summed E-state index contributed by atoms with van der Waals surface area (Å²) in [4.78, 5) is 2.25. The van der Waals surface area contributed by atoms with Crippen LogP contribution in [0, 0.1) is 11.3 Å². The number of ether oxygens (including phenoxy) is 2. The lowest BCUT2D eigenvalue weighted by Gasteiger charge is -2.35. The van der Waals surface area contributed by atoms with Crippen LogP contribution < -0.4 is 14.8 Å². The molecule has 6 nitrogen and oxygen atoms in total. The number of benzene rings is 1. The molecule has 6 heteroatoms. The van der Waals surface area contributed by atoms with Crippen molar-refractivity contribution in [1.29, 1.82) is 5.26 Å². The molecule has 1 heterocycles. The first kappa shape index (κ1) is 15.4. The van der Waals surface area contributed by atoms with Crippen LogP contribution in [0.15, 0.2) is 12.1 Å². The first-order valence-electron chi connectivity index (χ1n) is 6.97. The van der Waals surface area contributed by atoms with Crippen molar-refractivity contribution in [3.05, 3.63) is 17.7 Å². The van der Waals surface area contributed by atoms with Gasteiger partial charge in [0.1, 0.15) is 17.2 Å². The van der Waals surface area contributed by atoms with Crippen LogP contribution in [-0.4, -0.2) is 50.4 Å². The molecule has 0 radical (unpaired) electrons. The van der Waals surface area contributed by atoms with Crippen LogP contribution in [0.4, 0.5) is 0 Å². The summed E-state index contributed by atoms with van der Waals surface area (Å²) in [5.41, 5.74) is 0.821. The van der Waals surface area contributed by atoms with Crippen LogP contribution in [0.5, 0.6) is 17.2 Å². The normalized spacial score (nSPS) is 17.0. The van der Waals surface area contributed by atoms with Gasteiger partial charge in [-0.25, -0.2) is 0 Å². The molecule has 2 rings (SSSR count). The molecular weight excluding hydrogens is 270 g/mol. The van der Waals surface area contributed by atoms with Crippen LogP contribution in [0.25, 0.3) is 0 Å². The summed E-state index contributed by atoms with van der Waals surface area (Å²) in [7, 11) is 3.11. The molecule has 1 aliphatic heterocycles. The van der Waals surface area contributed by atoms with Crippen LogP contribution in [0.1, 0.15) is 18.0 Å². The van der Waals surface area contributed by atoms with Gasteiger partial charge in [-0.1, -0.05) is 0 Å². The Balaban J connectivity index is 2.45. The number of phenols is 1. The molecule has 21 heavy (non-hydrogen) atoms. The molecule has 0 aromatic heterocycles. The Labute approximate surface area is 124 Å². The van der Waals surface area contributed by atoms with Crippen molar-refractivity contribution in [2.45, 2.75) is 12.5 Å². The zero-order valence-electron chi connectivity index (χ0n) is 12.4. The van der Waals surface area contributed by atoms with Gasteiger partial charge in [-0.2, -0.15) is 5.26 Å². The third-order valence-electron chi connectivity index (χ3n) is 3.74. The second kappa shape index (κ2) is 7.16. The molecule has 0 saturated carbocycles. The predicted molar refractivity (Wildman–Crippen MR) is 78.6 cm³/mol. The van der Waals surface area contributed by atoms with Crippen molar-refractivity contribution in [2.75, 3.05) is 40.4 Å². The molecule has 0 spiro atoms. The molecule has 1 saturated heterocycles. The van der Waals surface area contributed by atoms with Gasteiger partial charge in [0, 0.05) is 38.3 Å². The molecule has 1 aliphatic rings. The van der Waals surface area contributed by atoms with Crippen molar-refractivity contribution in [2.24, 2.45) is 0 Å². The average Bonchev–Trinajstić information content (AvgIpc) is 2.53. The van der Waals surface area contributed by atoms with Crippen molar-refractivity contribution in [3.63, 3.8) is 0 Å². The molecule has 2 N–H and O–H groups in total. The van der Waals surface area contributed by atoms with Gasteiger partial charge in [0.05, 0.1) is 38.3 Å². The summed E-state index contributed by atoms with van der Waals surface area (Å²) in [6.45, 7) is 3.51. The highest BCUT2D eigenvalue weighted by Crippen LogP contribution is 2.41. The van der Waals surface area contributed by atoms with E-state index < -0.39 is 0 Å². The number of hydrogen-bond donors (Lipinski definition) is 2. The molecule has 1 aromatic carbocycles. The number of hydrogen-bond acceptors (Lipinski definition) is 6. The minimum absolute atomic E-state index is 0.0865. The number of rotatable bonds is 5. The Bertz CT molecular complexity index is 496. The standard InChI is InChI=1S/C15H21N3O3/c1-20-13-9-11(19)10-14(21-2)15(13)12(3-4-16)18-7-5-17-6-8-18/h9-10,12,17,19H,3,5-8H2,1-2H3/t12-/m0/s1. The lowest BCUT2D eigenvalue weighted by atomic mass is 9.99. The summed E-state index contributed by atoms with van der Waals surface area (Å²) in [5.74, 6) is 1.18. The predicted octanol–water partition coefficient (Wildman–Crippen LogP) is 1.27. The molecule has 1 fully saturated rings. The second-order valence-electron chi connectivity index (χ2n) is 4.93. The summed E-state index contributed by atoms with van der Waals surface area (Å²) in [6, 6.07) is 5.26. The molecule has 1 atom stereocenters. The van der Waals surface area contributed by atoms with Gasteiger partial charge in [0.15, 0.2) is 0 Å². The smallest absolute Gasteiger partial charge is 0.131 e. The zero-order chi connectivity index (χ0) is 15.2. The van der Waals surface area contributed by atoms with Crippen LogP contribution >= 0.6 is 0 Å². The van der Waals surface area contributed by atoms with E-state index in [1.807, 2.05) is 0 Å². The Morgan fingerprint density at radius 1 is 1.29 bits per heavy atom. The van der Waals surface area contributed by atoms with Crippen LogP contribution in [-0.2, 0) is 0 Å². The fourth-order valence-corrected chi connectivity index (χ4v) is 2.75. The number of nitrogens with zero attached hydrogens (tertiary/aromatic N) is 2. The minimum Gasteiger partial charge on any atom is -0.508 e. The highest BCUT2D eigenvalue weighted by Gasteiger charge is 2.28. The molecule has 0 unspecified atom stereocenters. The number of nitrogens with one attached hydrogen (secondary N) is 1. The second-order valence-corrected chi connectivity index (χ2v) is 4.93. The van der Waals surface area contributed by atoms with E-state index in [2.05, 4.69) is 16.3 Å². The first-order chi connectivity index (χ1) is 10.2. The van der Waals surface area contributed by atoms with Gasteiger partial charge >= 0.3 is 0 Å². The number of nitriles is 1. The highest BCUT2D eigenvalue weighted by atomic mass is 16.5. The number of piperazine rings is 1. The quantitative estimate of drug-likeness (QED) is 0.850. The van der Waals surface area contributed by atoms with E-state index in [0.29, 0.717) is 17.9 Å². The van der Waals surface area contributed by atoms with Gasteiger partial charge in [-0.15, -0.1) is 0 Å². The monoisotopic (exact) mass is 291 g/mol. The van der Waals surface area contributed by atoms with Crippen LogP contribution in [0.2, 0.25) is 0 Å². The maximum absolute atomic E-state index is 9.75. The minimum atomic E-state index is -0.109. The maximum Gasteiger partial charge on any atom is 0.131 e. The summed E-state index contributed by atoms with van der Waals surface area (Å²) < 4.78 is 10.8. The molecule has 0 amide bonds. The van der Waals surface area contributed by atoms with Gasteiger partial charge in [0.2, 0.25) is 0 Å². The van der Waals surface area contributed by atoms with E-state index in [4.69, 9.17) is 9.47 Å². The molecule has 0 bridgehead atoms. The summed E-state index contributed by atoms with van der Waals surface area (Å²) in [5, 5.41) is 22.2. The first-order valence-corrected chi connectivity index (χ1v) is 6.97. The van der Waals surface area contributed by atoms with Gasteiger partial charge in [-0.3, -0.25) is 4.90 Å². The Hall–Kier alpha value is -1.97. The Morgan fingerprint density at radius 2 is 1.86 bits per heavy atom. The van der Waals surface area contributed by atoms with E-state index >= 15 is 0 Å². The Kier molecular flexibility index (Phi) is 5.26. The van der Waals surface area contributed by atoms with Crippen molar-refractivity contribution < 1.29 is 14.6 Å². The van der Waals surface area contributed by atoms with E-state index in [9.17, 15) is 10.4 Å². The van der Waals surface area contributed by atoms with Crippen molar-refractivity contribution >= 4 is 0 Å². The largest absolute Gasteiger partial charge is 0.508 e. The number of phenolic OH excluding ortho intramolecular Hbond substituents is 1. The van der Waals surface area contributed by atoms with Gasteiger partial charge in [0.25, 0.3) is 0 Å². The zero-order valence-corrected chi connectivity index (χ0v) is 12.4. The molecular formula is C15H21N3O3. The summed E-state index contributed by atoms with van der Waals surface area (Å²) in [6.07, 6.45) is 0.345. The topological polar surface area (TPSA) is 77.8 Å². The lowest BCUT2D eigenvalue weighted by Crippen LogP contribution is -2.45. The van der Waals surface area contributed by atoms with Crippen molar-refractivity contribution in [1.82, 2.24) is 10.2 Å².